The van der Waals surface area contributed by atoms with Gasteiger partial charge < -0.3 is 10.8 Å². The van der Waals surface area contributed by atoms with E-state index >= 15 is 0 Å². The van der Waals surface area contributed by atoms with Crippen LogP contribution >= 0.6 is 24.1 Å². The largest absolute Gasteiger partial charge is 0.505 e. The molecule has 0 saturated carbocycles. The maximum Gasteiger partial charge on any atom is 0.298 e. The Labute approximate surface area is 310 Å². The molecule has 0 bridgehead atoms. The Morgan fingerprint density at radius 3 is 2.08 bits per heavy atom. The van der Waals surface area contributed by atoms with Gasteiger partial charge in [-0.05, 0) is 92.3 Å². The quantitative estimate of drug-likeness (QED) is 0.0141. The molecular formula is C32H37N5O11S4. The lowest BCUT2D eigenvalue weighted by molar-refractivity contribution is -0.447. The molecule has 0 aromatic heterocycles. The summed E-state index contributed by atoms with van der Waals surface area (Å²) in [4.78, 5) is 17.8. The molecule has 0 aliphatic carbocycles. The summed E-state index contributed by atoms with van der Waals surface area (Å²) in [5.74, 6) is -0.222. The van der Waals surface area contributed by atoms with Gasteiger partial charge in [-0.1, -0.05) is 18.9 Å². The first-order valence-corrected chi connectivity index (χ1v) is 19.6. The molecule has 0 fully saturated rings. The molecule has 0 aliphatic heterocycles. The molecule has 20 heteroatoms. The number of benzene rings is 4. The van der Waals surface area contributed by atoms with Crippen molar-refractivity contribution in [3.05, 3.63) is 60.7 Å². The highest BCUT2D eigenvalue weighted by Gasteiger charge is 2.26. The van der Waals surface area contributed by atoms with Gasteiger partial charge in [0.05, 0.1) is 82.9 Å². The number of fused-ring (bicyclic) bond motifs is 1. The predicted octanol–water partition coefficient (Wildman–Crippen LogP) is 8.29. The van der Waals surface area contributed by atoms with E-state index in [1.165, 1.54) is 19.2 Å². The van der Waals surface area contributed by atoms with Crippen molar-refractivity contribution in [3.8, 4) is 5.75 Å². The number of phenolic OH excluding ortho intramolecular Hbond substituents is 1. The molecule has 52 heavy (non-hydrogen) atoms. The van der Waals surface area contributed by atoms with E-state index in [0.29, 0.717) is 41.3 Å². The Bertz CT molecular complexity index is 2080. The van der Waals surface area contributed by atoms with Crippen molar-refractivity contribution in [1.29, 1.82) is 0 Å². The van der Waals surface area contributed by atoms with Gasteiger partial charge in [0.25, 0.3) is 10.1 Å². The van der Waals surface area contributed by atoms with Gasteiger partial charge in [0.1, 0.15) is 16.3 Å². The molecule has 0 spiro atoms. The number of anilines is 1. The van der Waals surface area contributed by atoms with E-state index in [-0.39, 0.29) is 43.4 Å². The Hall–Kier alpha value is -3.96. The smallest absolute Gasteiger partial charge is 0.298 e. The fraction of sp³-hybridized carbons (Fsp3) is 0.250. The number of nitrogens with two attached hydrogens (primary N) is 1. The van der Waals surface area contributed by atoms with E-state index in [9.17, 15) is 21.9 Å². The van der Waals surface area contributed by atoms with Crippen LogP contribution in [0.5, 0.6) is 5.75 Å². The van der Waals surface area contributed by atoms with Gasteiger partial charge in [-0.3, -0.25) is 14.2 Å². The first kappa shape index (κ1) is 42.5. The van der Waals surface area contributed by atoms with E-state index in [2.05, 4.69) is 47.8 Å². The van der Waals surface area contributed by atoms with Crippen molar-refractivity contribution >= 4 is 96.7 Å². The molecule has 4 aromatic rings. The third kappa shape index (κ3) is 11.3. The molecule has 0 heterocycles. The van der Waals surface area contributed by atoms with Crippen LogP contribution in [0.4, 0.5) is 28.4 Å². The number of nitrogen functional groups attached to an aromatic ring is 1. The van der Waals surface area contributed by atoms with Crippen LogP contribution in [0.2, 0.25) is 0 Å². The Balaban J connectivity index is 0.000000435. The number of phenols is 1. The molecule has 0 amide bonds. The minimum atomic E-state index is -4.21. The van der Waals surface area contributed by atoms with E-state index in [0.717, 1.165) is 30.5 Å². The monoisotopic (exact) mass is 795 g/mol. The van der Waals surface area contributed by atoms with Gasteiger partial charge in [0.15, 0.2) is 15.6 Å². The van der Waals surface area contributed by atoms with Crippen LogP contribution in [-0.4, -0.2) is 62.0 Å². The summed E-state index contributed by atoms with van der Waals surface area (Å²) in [5, 5.41) is 24.2. The first-order valence-electron chi connectivity index (χ1n) is 15.1. The van der Waals surface area contributed by atoms with Crippen LogP contribution in [0.1, 0.15) is 26.7 Å². The number of aromatic hydroxyl groups is 1. The molecule has 0 saturated heterocycles. The van der Waals surface area contributed by atoms with Crippen LogP contribution < -0.4 is 5.73 Å². The number of sulfone groups is 1. The highest BCUT2D eigenvalue weighted by atomic mass is 32.2. The first-order chi connectivity index (χ1) is 24.9. The molecule has 4 rings (SSSR count). The topological polar surface area (TPSA) is 219 Å². The minimum Gasteiger partial charge on any atom is -0.505 e. The number of rotatable bonds is 18. The molecular weight excluding hydrogens is 759 g/mol. The van der Waals surface area contributed by atoms with Gasteiger partial charge in [-0.25, -0.2) is 18.2 Å². The van der Waals surface area contributed by atoms with Crippen LogP contribution in [0.25, 0.3) is 10.8 Å². The average molecular weight is 796 g/mol. The van der Waals surface area contributed by atoms with Gasteiger partial charge in [-0.2, -0.15) is 17.9 Å². The number of azo groups is 1. The zero-order chi connectivity index (χ0) is 38.3. The van der Waals surface area contributed by atoms with Crippen LogP contribution in [0, 0.1) is 0 Å². The fourth-order valence-electron chi connectivity index (χ4n) is 4.20. The maximum atomic E-state index is 12.5. The highest BCUT2D eigenvalue weighted by molar-refractivity contribution is 7.95. The standard InChI is InChI=1S/C22H24N4O9S3.C10H13NO2S/c1-5-10-32-34-36-15-8-6-14(7-9-15)25-26-20-16(37-35-33-30-3)11-13-12-17(38(28,29)31-4)21(24-2)19(23)18(13)22(20)27;1-3-8-14(12,13)10-6-4-9(11-2)5-7-10/h6-9,11-12,27H,2,5,10,23H2,1,3-4H3;4-7H,2-3,8H2,1H3. The second kappa shape index (κ2) is 20.3. The Morgan fingerprint density at radius 1 is 0.827 bits per heavy atom. The second-order valence-electron chi connectivity index (χ2n) is 10.1. The highest BCUT2D eigenvalue weighted by Crippen LogP contribution is 2.49. The van der Waals surface area contributed by atoms with Gasteiger partial charge in [-0.15, -0.1) is 9.45 Å². The molecule has 4 aromatic carbocycles. The predicted molar refractivity (Wildman–Crippen MR) is 200 cm³/mol. The third-order valence-electron chi connectivity index (χ3n) is 6.60. The summed E-state index contributed by atoms with van der Waals surface area (Å²) in [6, 6.07) is 16.0. The van der Waals surface area contributed by atoms with E-state index in [4.69, 9.17) is 19.3 Å². The summed E-state index contributed by atoms with van der Waals surface area (Å²) in [7, 11) is -5.08. The van der Waals surface area contributed by atoms with Crippen molar-refractivity contribution in [2.24, 2.45) is 20.2 Å². The van der Waals surface area contributed by atoms with Crippen molar-refractivity contribution < 1.29 is 49.6 Å². The maximum absolute atomic E-state index is 12.5. The molecule has 0 aliphatic rings. The summed E-state index contributed by atoms with van der Waals surface area (Å²) in [6.07, 6.45) is 1.46. The number of hydrogen-bond donors (Lipinski definition) is 2. The van der Waals surface area contributed by atoms with Crippen LogP contribution in [0.3, 0.4) is 0 Å². The van der Waals surface area contributed by atoms with E-state index in [1.807, 2.05) is 13.8 Å². The average Bonchev–Trinajstić information content (AvgIpc) is 3.13. The summed E-state index contributed by atoms with van der Waals surface area (Å²) in [6.45, 7) is 11.0. The zero-order valence-electron chi connectivity index (χ0n) is 28.5. The Morgan fingerprint density at radius 2 is 1.50 bits per heavy atom. The third-order valence-corrected chi connectivity index (χ3v) is 11.1. The Kier molecular flexibility index (Phi) is 16.6. The van der Waals surface area contributed by atoms with Crippen LogP contribution in [-0.2, 0) is 47.6 Å². The molecule has 0 atom stereocenters. The molecule has 0 radical (unpaired) electrons. The molecule has 280 valence electrons. The lowest BCUT2D eigenvalue weighted by Gasteiger charge is -2.15. The molecule has 3 N–H and O–H groups in total. The lowest BCUT2D eigenvalue weighted by Crippen LogP contribution is -2.05. The second-order valence-corrected chi connectivity index (χ2v) is 15.4. The number of aliphatic imine (C=N–C) groups is 2. The molecule has 16 nitrogen and oxygen atoms in total. The number of nitrogens with zero attached hydrogens (tertiary/aromatic N) is 4. The lowest BCUT2D eigenvalue weighted by atomic mass is 10.0. The molecule has 0 unspecified atom stereocenters. The summed E-state index contributed by atoms with van der Waals surface area (Å²) < 4.78 is 62.6. The van der Waals surface area contributed by atoms with E-state index in [1.54, 1.807) is 48.5 Å². The van der Waals surface area contributed by atoms with Crippen molar-refractivity contribution in [3.63, 3.8) is 0 Å². The van der Waals surface area contributed by atoms with Gasteiger partial charge in [0, 0.05) is 4.90 Å². The summed E-state index contributed by atoms with van der Waals surface area (Å²) in [5.41, 5.74) is 6.97. The van der Waals surface area contributed by atoms with E-state index < -0.39 is 25.7 Å². The SMILES string of the molecule is C=Nc1c(S(=O)(=O)OC)cc2cc(SOOOC)c(N=Nc3ccc(SOOCCC)cc3)c(O)c2c1N.C=Nc1ccc(S(=O)(=O)CCC)cc1. The van der Waals surface area contributed by atoms with Gasteiger partial charge >= 0.3 is 0 Å². The van der Waals surface area contributed by atoms with Gasteiger partial charge in [0.2, 0.25) is 0 Å². The number of hydrogen-bond acceptors (Lipinski definition) is 18. The minimum absolute atomic E-state index is 0.0407. The van der Waals surface area contributed by atoms with Crippen molar-refractivity contribution in [2.45, 2.75) is 46.3 Å². The van der Waals surface area contributed by atoms with Crippen LogP contribution in [0.15, 0.2) is 100 Å². The van der Waals surface area contributed by atoms with Crippen molar-refractivity contribution in [1.82, 2.24) is 0 Å². The van der Waals surface area contributed by atoms with Crippen molar-refractivity contribution in [2.75, 3.05) is 32.3 Å². The normalized spacial score (nSPS) is 11.8. The summed E-state index contributed by atoms with van der Waals surface area (Å²) >= 11 is 1.68. The fourth-order valence-corrected chi connectivity index (χ4v) is 7.37. The zero-order valence-corrected chi connectivity index (χ0v) is 31.8.